The van der Waals surface area contributed by atoms with E-state index in [-0.39, 0.29) is 12.7 Å². The van der Waals surface area contributed by atoms with Crippen molar-refractivity contribution in [2.75, 3.05) is 6.61 Å². The van der Waals surface area contributed by atoms with Crippen LogP contribution < -0.4 is 4.74 Å². The molecule has 0 heterocycles. The molecule has 1 aromatic carbocycles. The van der Waals surface area contributed by atoms with Gasteiger partial charge >= 0.3 is 0 Å². The van der Waals surface area contributed by atoms with Gasteiger partial charge in [0.15, 0.2) is 0 Å². The van der Waals surface area contributed by atoms with Gasteiger partial charge in [-0.3, -0.25) is 0 Å². The minimum Gasteiger partial charge on any atom is -0.490 e. The van der Waals surface area contributed by atoms with E-state index in [9.17, 15) is 5.11 Å². The topological polar surface area (TPSA) is 49.7 Å². The molecule has 1 saturated carbocycles. The summed E-state index contributed by atoms with van der Waals surface area (Å²) in [6.07, 6.45) is 3.69. The maximum absolute atomic E-state index is 9.71. The van der Waals surface area contributed by atoms with Crippen LogP contribution in [0.4, 0.5) is 0 Å². The van der Waals surface area contributed by atoms with Crippen LogP contribution in [0.25, 0.3) is 0 Å². The van der Waals surface area contributed by atoms with E-state index in [0.717, 1.165) is 29.2 Å². The van der Waals surface area contributed by atoms with Crippen molar-refractivity contribution < 1.29 is 14.9 Å². The van der Waals surface area contributed by atoms with E-state index in [1.54, 1.807) is 0 Å². The quantitative estimate of drug-likeness (QED) is 0.839. The summed E-state index contributed by atoms with van der Waals surface area (Å²) >= 11 is 0. The Morgan fingerprint density at radius 3 is 2.65 bits per heavy atom. The maximum atomic E-state index is 9.71. The third-order valence-corrected chi connectivity index (χ3v) is 5.30. The number of hydrogen-bond donors (Lipinski definition) is 2. The van der Waals surface area contributed by atoms with E-state index in [2.05, 4.69) is 20.8 Å². The summed E-state index contributed by atoms with van der Waals surface area (Å²) in [5, 5.41) is 18.8. The Morgan fingerprint density at radius 1 is 1.26 bits per heavy atom. The van der Waals surface area contributed by atoms with Gasteiger partial charge in [0.1, 0.15) is 11.9 Å². The molecule has 130 valence electrons. The van der Waals surface area contributed by atoms with Crippen LogP contribution in [0, 0.1) is 24.7 Å². The molecule has 3 heteroatoms. The molecule has 2 rings (SSSR count). The van der Waals surface area contributed by atoms with Gasteiger partial charge in [-0.2, -0.15) is 0 Å². The molecule has 0 aromatic heterocycles. The Bertz CT molecular complexity index is 498. The fraction of sp³-hybridized carbons (Fsp3) is 0.700. The van der Waals surface area contributed by atoms with E-state index in [1.807, 2.05) is 25.1 Å². The molecule has 1 aliphatic carbocycles. The first-order chi connectivity index (χ1) is 10.9. The molecule has 0 radical (unpaired) electrons. The highest BCUT2D eigenvalue weighted by atomic mass is 16.5. The van der Waals surface area contributed by atoms with Gasteiger partial charge in [0.2, 0.25) is 0 Å². The summed E-state index contributed by atoms with van der Waals surface area (Å²) in [6.45, 7) is 8.73. The first-order valence-corrected chi connectivity index (χ1v) is 8.96. The molecule has 0 amide bonds. The van der Waals surface area contributed by atoms with E-state index in [1.165, 1.54) is 12.8 Å². The summed E-state index contributed by atoms with van der Waals surface area (Å²) in [4.78, 5) is 0. The second kappa shape index (κ2) is 8.16. The highest BCUT2D eigenvalue weighted by Crippen LogP contribution is 2.37. The minimum atomic E-state index is -0.706. The smallest absolute Gasteiger partial charge is 0.122 e. The van der Waals surface area contributed by atoms with Gasteiger partial charge in [-0.25, -0.2) is 0 Å². The zero-order valence-electron chi connectivity index (χ0n) is 15.0. The zero-order valence-corrected chi connectivity index (χ0v) is 15.0. The number of aliphatic hydroxyl groups is 2. The highest BCUT2D eigenvalue weighted by Gasteiger charge is 2.32. The highest BCUT2D eigenvalue weighted by molar-refractivity contribution is 5.39. The number of hydrogen-bond acceptors (Lipinski definition) is 3. The fourth-order valence-corrected chi connectivity index (χ4v) is 3.74. The van der Waals surface area contributed by atoms with Crippen LogP contribution in [-0.4, -0.2) is 29.0 Å². The molecular formula is C20H32O3. The molecule has 0 saturated heterocycles. The summed E-state index contributed by atoms with van der Waals surface area (Å²) < 4.78 is 6.44. The predicted molar refractivity (Wildman–Crippen MR) is 93.7 cm³/mol. The van der Waals surface area contributed by atoms with Crippen molar-refractivity contribution in [2.45, 2.75) is 65.6 Å². The normalized spacial score (nSPS) is 26.3. The van der Waals surface area contributed by atoms with Crippen LogP contribution in [0.15, 0.2) is 18.2 Å². The first-order valence-electron chi connectivity index (χ1n) is 8.96. The molecule has 0 spiro atoms. The summed E-state index contributed by atoms with van der Waals surface area (Å²) in [7, 11) is 0. The monoisotopic (exact) mass is 320 g/mol. The van der Waals surface area contributed by atoms with Crippen molar-refractivity contribution in [2.24, 2.45) is 17.8 Å². The lowest BCUT2D eigenvalue weighted by atomic mass is 9.75. The lowest BCUT2D eigenvalue weighted by molar-refractivity contribution is 0.0453. The molecule has 2 N–H and O–H groups in total. The molecular weight excluding hydrogens is 288 g/mol. The number of benzene rings is 1. The molecule has 3 nitrogen and oxygen atoms in total. The summed E-state index contributed by atoms with van der Waals surface area (Å²) in [6, 6.07) is 6.02. The lowest BCUT2D eigenvalue weighted by Crippen LogP contribution is -2.36. The van der Waals surface area contributed by atoms with Crippen LogP contribution in [0.1, 0.15) is 51.2 Å². The van der Waals surface area contributed by atoms with E-state index < -0.39 is 6.10 Å². The minimum absolute atomic E-state index is 0.208. The number of aliphatic hydroxyl groups excluding tert-OH is 2. The van der Waals surface area contributed by atoms with Crippen molar-refractivity contribution in [3.8, 4) is 5.75 Å². The molecule has 0 aliphatic heterocycles. The SMILES string of the molecule is Cc1c(CC(O)CO)cccc1OC1CC(C)CCC1C(C)C. The zero-order chi connectivity index (χ0) is 17.0. The van der Waals surface area contributed by atoms with Crippen molar-refractivity contribution >= 4 is 0 Å². The fourth-order valence-electron chi connectivity index (χ4n) is 3.74. The van der Waals surface area contributed by atoms with Gasteiger partial charge in [0.25, 0.3) is 0 Å². The Hall–Kier alpha value is -1.06. The van der Waals surface area contributed by atoms with Gasteiger partial charge in [0.05, 0.1) is 12.7 Å². The molecule has 23 heavy (non-hydrogen) atoms. The molecule has 1 aliphatic rings. The largest absolute Gasteiger partial charge is 0.490 e. The number of ether oxygens (including phenoxy) is 1. The second-order valence-corrected chi connectivity index (χ2v) is 7.56. The van der Waals surface area contributed by atoms with Gasteiger partial charge in [-0.1, -0.05) is 39.3 Å². The van der Waals surface area contributed by atoms with Gasteiger partial charge in [-0.05, 0) is 54.7 Å². The molecule has 1 fully saturated rings. The molecule has 0 bridgehead atoms. The summed E-state index contributed by atoms with van der Waals surface area (Å²) in [5.74, 6) is 2.89. The van der Waals surface area contributed by atoms with Gasteiger partial charge in [0, 0.05) is 6.42 Å². The van der Waals surface area contributed by atoms with Crippen LogP contribution in [0.5, 0.6) is 5.75 Å². The Kier molecular flexibility index (Phi) is 6.49. The average Bonchev–Trinajstić information content (AvgIpc) is 2.51. The Morgan fingerprint density at radius 2 is 2.00 bits per heavy atom. The first kappa shape index (κ1) is 18.3. The predicted octanol–water partition coefficient (Wildman–Crippen LogP) is 3.73. The van der Waals surface area contributed by atoms with Gasteiger partial charge in [-0.15, -0.1) is 0 Å². The Balaban J connectivity index is 2.16. The third-order valence-electron chi connectivity index (χ3n) is 5.30. The number of rotatable bonds is 6. The molecule has 1 aromatic rings. The van der Waals surface area contributed by atoms with E-state index in [0.29, 0.717) is 18.3 Å². The summed E-state index contributed by atoms with van der Waals surface area (Å²) in [5.41, 5.74) is 2.13. The van der Waals surface area contributed by atoms with Crippen molar-refractivity contribution in [3.05, 3.63) is 29.3 Å². The van der Waals surface area contributed by atoms with Crippen LogP contribution in [-0.2, 0) is 6.42 Å². The van der Waals surface area contributed by atoms with Crippen molar-refractivity contribution in [3.63, 3.8) is 0 Å². The lowest BCUT2D eigenvalue weighted by Gasteiger charge is -2.37. The van der Waals surface area contributed by atoms with Crippen molar-refractivity contribution in [1.82, 2.24) is 0 Å². The van der Waals surface area contributed by atoms with Crippen LogP contribution >= 0.6 is 0 Å². The van der Waals surface area contributed by atoms with Crippen LogP contribution in [0.3, 0.4) is 0 Å². The molecule has 4 unspecified atom stereocenters. The maximum Gasteiger partial charge on any atom is 0.122 e. The standard InChI is InChI=1S/C20H32O3/c1-13(2)18-9-8-14(3)10-20(18)23-19-7-5-6-16(15(19)4)11-17(22)12-21/h5-7,13-14,17-18,20-22H,8-12H2,1-4H3. The van der Waals surface area contributed by atoms with E-state index >= 15 is 0 Å². The van der Waals surface area contributed by atoms with Crippen LogP contribution in [0.2, 0.25) is 0 Å². The van der Waals surface area contributed by atoms with E-state index in [4.69, 9.17) is 9.84 Å². The van der Waals surface area contributed by atoms with Gasteiger partial charge < -0.3 is 14.9 Å². The van der Waals surface area contributed by atoms with Crippen molar-refractivity contribution in [1.29, 1.82) is 0 Å². The molecule has 4 atom stereocenters. The second-order valence-electron chi connectivity index (χ2n) is 7.56. The third kappa shape index (κ3) is 4.71. The Labute approximate surface area is 140 Å². The average molecular weight is 320 g/mol.